The Morgan fingerprint density at radius 2 is 2.06 bits per heavy atom. The van der Waals surface area contributed by atoms with Crippen molar-refractivity contribution < 1.29 is 13.7 Å². The van der Waals surface area contributed by atoms with Crippen molar-refractivity contribution in [3.8, 4) is 0 Å². The Labute approximate surface area is 99.8 Å². The van der Waals surface area contributed by atoms with Gasteiger partial charge in [0.25, 0.3) is 5.69 Å². The Morgan fingerprint density at radius 3 is 2.56 bits per heavy atom. The Kier molecular flexibility index (Phi) is 3.18. The minimum atomic E-state index is -1.01. The number of hydrogen-bond acceptors (Lipinski definition) is 4. The minimum Gasteiger partial charge on any atom is -0.375 e. The van der Waals surface area contributed by atoms with Gasteiger partial charge in [0.1, 0.15) is 5.69 Å². The van der Waals surface area contributed by atoms with Crippen LogP contribution in [0.5, 0.6) is 0 Å². The molecule has 6 nitrogen and oxygen atoms in total. The van der Waals surface area contributed by atoms with E-state index in [-0.39, 0.29) is 6.54 Å². The van der Waals surface area contributed by atoms with Gasteiger partial charge < -0.3 is 5.32 Å². The molecule has 2 rings (SSSR count). The van der Waals surface area contributed by atoms with Crippen LogP contribution in [0.4, 0.5) is 20.2 Å². The number of aromatic nitrogens is 2. The predicted molar refractivity (Wildman–Crippen MR) is 58.9 cm³/mol. The molecule has 18 heavy (non-hydrogen) atoms. The third kappa shape index (κ3) is 2.42. The maximum atomic E-state index is 13.5. The van der Waals surface area contributed by atoms with Gasteiger partial charge in [-0.3, -0.25) is 15.2 Å². The zero-order chi connectivity index (χ0) is 13.1. The molecule has 0 amide bonds. The summed E-state index contributed by atoms with van der Waals surface area (Å²) >= 11 is 0. The molecule has 2 aromatic rings. The van der Waals surface area contributed by atoms with Crippen molar-refractivity contribution >= 4 is 11.4 Å². The lowest BCUT2D eigenvalue weighted by Gasteiger charge is -2.07. The summed E-state index contributed by atoms with van der Waals surface area (Å²) in [4.78, 5) is 9.54. The summed E-state index contributed by atoms with van der Waals surface area (Å²) in [6.07, 6.45) is 1.50. The fourth-order valence-electron chi connectivity index (χ4n) is 1.40. The first kappa shape index (κ1) is 12.0. The minimum absolute atomic E-state index is 0.131. The Morgan fingerprint density at radius 1 is 1.39 bits per heavy atom. The second-order valence-corrected chi connectivity index (χ2v) is 3.48. The van der Waals surface area contributed by atoms with Crippen molar-refractivity contribution in [2.75, 3.05) is 5.32 Å². The molecule has 0 fully saturated rings. The van der Waals surface area contributed by atoms with Crippen LogP contribution in [-0.2, 0) is 6.54 Å². The van der Waals surface area contributed by atoms with E-state index in [4.69, 9.17) is 0 Å². The molecule has 1 heterocycles. The fourth-order valence-corrected chi connectivity index (χ4v) is 1.40. The second kappa shape index (κ2) is 4.78. The van der Waals surface area contributed by atoms with Gasteiger partial charge in [-0.05, 0) is 6.07 Å². The van der Waals surface area contributed by atoms with Gasteiger partial charge in [0.15, 0.2) is 11.6 Å². The molecule has 8 heteroatoms. The topological polar surface area (TPSA) is 83.8 Å². The third-order valence-electron chi connectivity index (χ3n) is 2.25. The summed E-state index contributed by atoms with van der Waals surface area (Å²) < 4.78 is 26.9. The Balaban J connectivity index is 2.20. The van der Waals surface area contributed by atoms with Crippen LogP contribution in [0.15, 0.2) is 24.4 Å². The highest BCUT2D eigenvalue weighted by Crippen LogP contribution is 2.25. The smallest absolute Gasteiger partial charge is 0.275 e. The van der Waals surface area contributed by atoms with Crippen molar-refractivity contribution in [3.05, 3.63) is 51.8 Å². The molecule has 0 radical (unpaired) electrons. The average Bonchev–Trinajstić information content (AvgIpc) is 2.80. The lowest BCUT2D eigenvalue weighted by Crippen LogP contribution is -2.05. The molecule has 0 spiro atoms. The highest BCUT2D eigenvalue weighted by atomic mass is 19.1. The first-order valence-electron chi connectivity index (χ1n) is 4.93. The number of aromatic amines is 1. The standard InChI is InChI=1S/C10H8F2N4O2/c11-8-3-7(16(17)18)4-9(12)10(8)13-5-6-1-2-14-15-6/h1-4,13H,5H2,(H,14,15). The number of H-pyrrole nitrogens is 1. The van der Waals surface area contributed by atoms with Crippen LogP contribution in [-0.4, -0.2) is 15.1 Å². The van der Waals surface area contributed by atoms with Crippen LogP contribution in [0, 0.1) is 21.7 Å². The maximum absolute atomic E-state index is 13.5. The zero-order valence-corrected chi connectivity index (χ0v) is 8.98. The van der Waals surface area contributed by atoms with Gasteiger partial charge in [-0.2, -0.15) is 5.10 Å². The van der Waals surface area contributed by atoms with E-state index < -0.39 is 27.9 Å². The monoisotopic (exact) mass is 254 g/mol. The number of nitro benzene ring substituents is 1. The van der Waals surface area contributed by atoms with Crippen LogP contribution < -0.4 is 5.32 Å². The molecular weight excluding hydrogens is 246 g/mol. The zero-order valence-electron chi connectivity index (χ0n) is 8.98. The van der Waals surface area contributed by atoms with Gasteiger partial charge >= 0.3 is 0 Å². The molecule has 0 aliphatic carbocycles. The summed E-state index contributed by atoms with van der Waals surface area (Å²) in [5.41, 5.74) is -0.403. The van der Waals surface area contributed by atoms with Crippen LogP contribution in [0.1, 0.15) is 5.69 Å². The molecular formula is C10H8F2N4O2. The molecule has 0 aliphatic rings. The summed E-state index contributed by atoms with van der Waals surface area (Å²) in [6.45, 7) is 0.131. The summed E-state index contributed by atoms with van der Waals surface area (Å²) in [6, 6.07) is 2.96. The van der Waals surface area contributed by atoms with Gasteiger partial charge in [0, 0.05) is 6.20 Å². The van der Waals surface area contributed by atoms with Crippen LogP contribution in [0.2, 0.25) is 0 Å². The molecule has 94 valence electrons. The molecule has 0 bridgehead atoms. The van der Waals surface area contributed by atoms with Gasteiger partial charge in [-0.1, -0.05) is 0 Å². The number of nitro groups is 1. The van der Waals surface area contributed by atoms with Crippen molar-refractivity contribution in [2.24, 2.45) is 0 Å². The van der Waals surface area contributed by atoms with Gasteiger partial charge in [-0.15, -0.1) is 0 Å². The number of nitrogens with zero attached hydrogens (tertiary/aromatic N) is 2. The van der Waals surface area contributed by atoms with Crippen molar-refractivity contribution in [2.45, 2.75) is 6.54 Å². The van der Waals surface area contributed by atoms with Gasteiger partial charge in [0.2, 0.25) is 0 Å². The first-order chi connectivity index (χ1) is 8.58. The van der Waals surface area contributed by atoms with Crippen LogP contribution in [0.3, 0.4) is 0 Å². The fraction of sp³-hybridized carbons (Fsp3) is 0.100. The van der Waals surface area contributed by atoms with E-state index in [1.54, 1.807) is 6.07 Å². The van der Waals surface area contributed by atoms with Gasteiger partial charge in [0.05, 0.1) is 29.3 Å². The second-order valence-electron chi connectivity index (χ2n) is 3.48. The largest absolute Gasteiger partial charge is 0.375 e. The highest BCUT2D eigenvalue weighted by Gasteiger charge is 2.16. The number of anilines is 1. The number of rotatable bonds is 4. The Hall–Kier alpha value is -2.51. The summed E-state index contributed by atoms with van der Waals surface area (Å²) in [7, 11) is 0. The molecule has 0 saturated carbocycles. The normalized spacial score (nSPS) is 10.3. The van der Waals surface area contributed by atoms with Crippen molar-refractivity contribution in [1.82, 2.24) is 10.2 Å². The van der Waals surface area contributed by atoms with E-state index in [0.717, 1.165) is 0 Å². The number of benzene rings is 1. The molecule has 0 unspecified atom stereocenters. The number of nitrogens with one attached hydrogen (secondary N) is 2. The average molecular weight is 254 g/mol. The molecule has 1 aromatic heterocycles. The van der Waals surface area contributed by atoms with Crippen molar-refractivity contribution in [1.29, 1.82) is 0 Å². The third-order valence-corrected chi connectivity index (χ3v) is 2.25. The number of hydrogen-bond donors (Lipinski definition) is 2. The van der Waals surface area contributed by atoms with E-state index in [0.29, 0.717) is 17.8 Å². The van der Waals surface area contributed by atoms with E-state index in [1.807, 2.05) is 0 Å². The van der Waals surface area contributed by atoms with E-state index in [2.05, 4.69) is 15.5 Å². The van der Waals surface area contributed by atoms with Crippen molar-refractivity contribution in [3.63, 3.8) is 0 Å². The maximum Gasteiger partial charge on any atom is 0.275 e. The van der Waals surface area contributed by atoms with Crippen LogP contribution in [0.25, 0.3) is 0 Å². The molecule has 0 saturated heterocycles. The first-order valence-corrected chi connectivity index (χ1v) is 4.93. The Bertz CT molecular complexity index is 548. The van der Waals surface area contributed by atoms with E-state index in [9.17, 15) is 18.9 Å². The lowest BCUT2D eigenvalue weighted by molar-refractivity contribution is -0.385. The quantitative estimate of drug-likeness (QED) is 0.647. The summed E-state index contributed by atoms with van der Waals surface area (Å²) in [5, 5.41) is 19.2. The van der Waals surface area contributed by atoms with Crippen LogP contribution >= 0.6 is 0 Å². The summed E-state index contributed by atoms with van der Waals surface area (Å²) in [5.74, 6) is -2.03. The van der Waals surface area contributed by atoms with E-state index in [1.165, 1.54) is 6.20 Å². The van der Waals surface area contributed by atoms with Gasteiger partial charge in [-0.25, -0.2) is 8.78 Å². The molecule has 1 aromatic carbocycles. The molecule has 2 N–H and O–H groups in total. The predicted octanol–water partition coefficient (Wildman–Crippen LogP) is 2.21. The molecule has 0 atom stereocenters. The number of non-ortho nitro benzene ring substituents is 1. The highest BCUT2D eigenvalue weighted by molar-refractivity contribution is 5.51. The SMILES string of the molecule is O=[N+]([O-])c1cc(F)c(NCc2ccn[nH]2)c(F)c1. The number of halogens is 2. The van der Waals surface area contributed by atoms with E-state index >= 15 is 0 Å². The lowest BCUT2D eigenvalue weighted by atomic mass is 10.2. The molecule has 0 aliphatic heterocycles.